The standard InChI is InChI=1S/C16H16FN3O3S/c1-19(2)11-5-3-6-12(9-11)24(22,23)20-10-15(21)18-16-13(17)7-4-8-14(16)20/h3-9H,10H2,1-2H3,(H,18,21). The van der Waals surface area contributed by atoms with Crippen molar-refractivity contribution < 1.29 is 17.6 Å². The third-order valence-corrected chi connectivity index (χ3v) is 5.49. The molecular weight excluding hydrogens is 333 g/mol. The molecule has 0 fully saturated rings. The van der Waals surface area contributed by atoms with Crippen LogP contribution in [0.1, 0.15) is 0 Å². The minimum Gasteiger partial charge on any atom is -0.378 e. The van der Waals surface area contributed by atoms with E-state index in [4.69, 9.17) is 0 Å². The second-order valence-electron chi connectivity index (χ2n) is 5.59. The average Bonchev–Trinajstić information content (AvgIpc) is 2.55. The number of nitrogens with zero attached hydrogens (tertiary/aromatic N) is 2. The van der Waals surface area contributed by atoms with Gasteiger partial charge < -0.3 is 10.2 Å². The lowest BCUT2D eigenvalue weighted by Crippen LogP contribution is -2.42. The van der Waals surface area contributed by atoms with E-state index in [9.17, 15) is 17.6 Å². The summed E-state index contributed by atoms with van der Waals surface area (Å²) in [6.45, 7) is -0.398. The molecule has 0 aromatic heterocycles. The van der Waals surface area contributed by atoms with E-state index in [0.29, 0.717) is 5.69 Å². The Kier molecular flexibility index (Phi) is 3.92. The Balaban J connectivity index is 2.13. The summed E-state index contributed by atoms with van der Waals surface area (Å²) in [7, 11) is -0.409. The molecule has 2 aromatic rings. The zero-order chi connectivity index (χ0) is 17.5. The van der Waals surface area contributed by atoms with Crippen molar-refractivity contribution in [3.8, 4) is 0 Å². The lowest BCUT2D eigenvalue weighted by Gasteiger charge is -2.30. The number of sulfonamides is 1. The van der Waals surface area contributed by atoms with Crippen molar-refractivity contribution >= 4 is 33.0 Å². The number of hydrogen-bond acceptors (Lipinski definition) is 4. The maximum Gasteiger partial charge on any atom is 0.264 e. The fourth-order valence-electron chi connectivity index (χ4n) is 2.50. The highest BCUT2D eigenvalue weighted by Gasteiger charge is 2.33. The first-order valence-corrected chi connectivity index (χ1v) is 8.63. The number of hydrogen-bond donors (Lipinski definition) is 1. The number of fused-ring (bicyclic) bond motifs is 1. The van der Waals surface area contributed by atoms with Crippen LogP contribution in [0.5, 0.6) is 0 Å². The van der Waals surface area contributed by atoms with Gasteiger partial charge in [0.25, 0.3) is 10.0 Å². The van der Waals surface area contributed by atoms with Crippen LogP contribution in [0.4, 0.5) is 21.5 Å². The molecule has 2 aromatic carbocycles. The molecule has 0 aliphatic carbocycles. The predicted molar refractivity (Wildman–Crippen MR) is 90.3 cm³/mol. The van der Waals surface area contributed by atoms with E-state index in [0.717, 1.165) is 4.31 Å². The molecule has 0 radical (unpaired) electrons. The van der Waals surface area contributed by atoms with Gasteiger partial charge in [-0.25, -0.2) is 12.8 Å². The summed E-state index contributed by atoms with van der Waals surface area (Å²) in [6, 6.07) is 10.4. The fraction of sp³-hybridized carbons (Fsp3) is 0.188. The fourth-order valence-corrected chi connectivity index (χ4v) is 3.98. The number of rotatable bonds is 3. The summed E-state index contributed by atoms with van der Waals surface area (Å²) >= 11 is 0. The lowest BCUT2D eigenvalue weighted by molar-refractivity contribution is -0.115. The van der Waals surface area contributed by atoms with Gasteiger partial charge in [0.15, 0.2) is 0 Å². The molecule has 0 saturated heterocycles. The third kappa shape index (κ3) is 2.69. The molecule has 0 saturated carbocycles. The molecule has 0 atom stereocenters. The molecule has 1 aliphatic rings. The first-order valence-electron chi connectivity index (χ1n) is 7.19. The smallest absolute Gasteiger partial charge is 0.264 e. The number of para-hydroxylation sites is 1. The van der Waals surface area contributed by atoms with Gasteiger partial charge in [0.05, 0.1) is 10.6 Å². The Morgan fingerprint density at radius 1 is 1.17 bits per heavy atom. The Morgan fingerprint density at radius 2 is 1.88 bits per heavy atom. The quantitative estimate of drug-likeness (QED) is 0.921. The summed E-state index contributed by atoms with van der Waals surface area (Å²) in [4.78, 5) is 13.7. The topological polar surface area (TPSA) is 69.7 Å². The van der Waals surface area contributed by atoms with Crippen LogP contribution in [0.2, 0.25) is 0 Å². The third-order valence-electron chi connectivity index (χ3n) is 3.73. The normalized spacial score (nSPS) is 14.1. The minimum atomic E-state index is -4.00. The number of carbonyl (C=O) groups is 1. The highest BCUT2D eigenvalue weighted by Crippen LogP contribution is 2.35. The van der Waals surface area contributed by atoms with E-state index in [1.54, 1.807) is 31.1 Å². The molecule has 126 valence electrons. The Hall–Kier alpha value is -2.61. The first kappa shape index (κ1) is 16.3. The Morgan fingerprint density at radius 3 is 2.58 bits per heavy atom. The van der Waals surface area contributed by atoms with Gasteiger partial charge in [-0.05, 0) is 30.3 Å². The van der Waals surface area contributed by atoms with Crippen LogP contribution < -0.4 is 14.5 Å². The van der Waals surface area contributed by atoms with Crippen LogP contribution in [0.3, 0.4) is 0 Å². The molecule has 24 heavy (non-hydrogen) atoms. The van der Waals surface area contributed by atoms with Crippen molar-refractivity contribution in [3.63, 3.8) is 0 Å². The van der Waals surface area contributed by atoms with E-state index in [1.165, 1.54) is 30.3 Å². The van der Waals surface area contributed by atoms with Gasteiger partial charge in [0.1, 0.15) is 18.0 Å². The van der Waals surface area contributed by atoms with Crippen LogP contribution in [-0.4, -0.2) is 35.0 Å². The van der Waals surface area contributed by atoms with E-state index in [1.807, 2.05) is 0 Å². The minimum absolute atomic E-state index is 0.0404. The Bertz CT molecular complexity index is 913. The van der Waals surface area contributed by atoms with Crippen molar-refractivity contribution in [2.45, 2.75) is 4.90 Å². The molecule has 0 bridgehead atoms. The van der Waals surface area contributed by atoms with Crippen molar-refractivity contribution in [1.29, 1.82) is 0 Å². The highest BCUT2D eigenvalue weighted by molar-refractivity contribution is 7.92. The van der Waals surface area contributed by atoms with Crippen LogP contribution in [0, 0.1) is 5.82 Å². The molecule has 1 N–H and O–H groups in total. The van der Waals surface area contributed by atoms with E-state index in [2.05, 4.69) is 5.32 Å². The molecule has 3 rings (SSSR count). The summed E-state index contributed by atoms with van der Waals surface area (Å²) < 4.78 is 40.8. The van der Waals surface area contributed by atoms with Gasteiger partial charge in [-0.15, -0.1) is 0 Å². The van der Waals surface area contributed by atoms with Gasteiger partial charge in [-0.2, -0.15) is 0 Å². The summed E-state index contributed by atoms with van der Waals surface area (Å²) in [5.41, 5.74) is 0.697. The van der Waals surface area contributed by atoms with Gasteiger partial charge in [0.2, 0.25) is 5.91 Å². The Labute approximate surface area is 139 Å². The monoisotopic (exact) mass is 349 g/mol. The zero-order valence-corrected chi connectivity index (χ0v) is 14.0. The number of carbonyl (C=O) groups excluding carboxylic acids is 1. The molecule has 0 spiro atoms. The summed E-state index contributed by atoms with van der Waals surface area (Å²) in [5.74, 6) is -1.26. The van der Waals surface area contributed by atoms with E-state index >= 15 is 0 Å². The first-order chi connectivity index (χ1) is 11.3. The second kappa shape index (κ2) is 5.79. The summed E-state index contributed by atoms with van der Waals surface area (Å²) in [6.07, 6.45) is 0. The van der Waals surface area contributed by atoms with Crippen molar-refractivity contribution in [2.75, 3.05) is 35.2 Å². The largest absolute Gasteiger partial charge is 0.378 e. The van der Waals surface area contributed by atoms with Crippen LogP contribution in [-0.2, 0) is 14.8 Å². The van der Waals surface area contributed by atoms with Crippen molar-refractivity contribution in [2.24, 2.45) is 0 Å². The van der Waals surface area contributed by atoms with Gasteiger partial charge >= 0.3 is 0 Å². The molecule has 8 heteroatoms. The number of nitrogens with one attached hydrogen (secondary N) is 1. The molecule has 1 amide bonds. The van der Waals surface area contributed by atoms with Gasteiger partial charge in [0, 0.05) is 19.8 Å². The molecule has 6 nitrogen and oxygen atoms in total. The molecule has 1 heterocycles. The van der Waals surface area contributed by atoms with E-state index < -0.39 is 28.3 Å². The van der Waals surface area contributed by atoms with Gasteiger partial charge in [-0.1, -0.05) is 12.1 Å². The number of amides is 1. The van der Waals surface area contributed by atoms with Crippen LogP contribution in [0.15, 0.2) is 47.4 Å². The maximum absolute atomic E-state index is 13.9. The number of halogens is 1. The van der Waals surface area contributed by atoms with Crippen molar-refractivity contribution in [3.05, 3.63) is 48.3 Å². The maximum atomic E-state index is 13.9. The zero-order valence-electron chi connectivity index (χ0n) is 13.2. The van der Waals surface area contributed by atoms with E-state index in [-0.39, 0.29) is 16.3 Å². The van der Waals surface area contributed by atoms with Gasteiger partial charge in [-0.3, -0.25) is 9.10 Å². The number of anilines is 3. The SMILES string of the molecule is CN(C)c1cccc(S(=O)(=O)N2CC(=O)Nc3c(F)cccc32)c1. The van der Waals surface area contributed by atoms with Crippen molar-refractivity contribution in [1.82, 2.24) is 0 Å². The van der Waals surface area contributed by atoms with Crippen LogP contribution in [0.25, 0.3) is 0 Å². The molecule has 1 aliphatic heterocycles. The van der Waals surface area contributed by atoms with Crippen LogP contribution >= 0.6 is 0 Å². The number of benzene rings is 2. The highest BCUT2D eigenvalue weighted by atomic mass is 32.2. The summed E-state index contributed by atoms with van der Waals surface area (Å²) in [5, 5.41) is 2.38. The molecular formula is C16H16FN3O3S. The predicted octanol–water partition coefficient (Wildman–Crippen LogP) is 2.04. The molecule has 0 unspecified atom stereocenters. The average molecular weight is 349 g/mol. The lowest BCUT2D eigenvalue weighted by atomic mass is 10.2. The second-order valence-corrected chi connectivity index (χ2v) is 7.45.